The minimum atomic E-state index is -0.00826. The smallest absolute Gasteiger partial charge is 0.181 e. The maximum atomic E-state index is 11.5. The standard InChI is InChI=1S/C17H19N3O/c1-5-7-13(8-11(3)6-2)16-15-9-14(12(4)21)10-18-17(15)20-19-16/h5,7-10H,3,6H2,1-2,4H3,(H,18,19,20)/b7-5-,13-8+. The third kappa shape index (κ3) is 3.16. The molecule has 2 aromatic rings. The number of hydrogen-bond donors (Lipinski definition) is 1. The van der Waals surface area contributed by atoms with Gasteiger partial charge in [0.25, 0.3) is 0 Å². The van der Waals surface area contributed by atoms with Gasteiger partial charge in [-0.25, -0.2) is 4.98 Å². The Labute approximate surface area is 124 Å². The molecule has 0 bridgehead atoms. The van der Waals surface area contributed by atoms with Gasteiger partial charge in [0.05, 0.1) is 5.69 Å². The van der Waals surface area contributed by atoms with E-state index >= 15 is 0 Å². The SMILES string of the molecule is C=C(/C=C(\C=C/C)c1[nH]nc2ncc(C(C)=O)cc12)CC. The zero-order valence-electron chi connectivity index (χ0n) is 12.6. The number of carbonyl (C=O) groups excluding carboxylic acids is 1. The predicted molar refractivity (Wildman–Crippen MR) is 86.1 cm³/mol. The van der Waals surface area contributed by atoms with E-state index in [4.69, 9.17) is 0 Å². The molecule has 0 amide bonds. The minimum Gasteiger partial charge on any atom is -0.294 e. The van der Waals surface area contributed by atoms with Crippen LogP contribution < -0.4 is 0 Å². The number of carbonyl (C=O) groups is 1. The Morgan fingerprint density at radius 2 is 2.24 bits per heavy atom. The molecule has 0 atom stereocenters. The van der Waals surface area contributed by atoms with Crippen LogP contribution in [0.25, 0.3) is 16.6 Å². The lowest BCUT2D eigenvalue weighted by molar-refractivity contribution is 0.101. The molecule has 2 heterocycles. The predicted octanol–water partition coefficient (Wildman–Crippen LogP) is 4.09. The highest BCUT2D eigenvalue weighted by atomic mass is 16.1. The van der Waals surface area contributed by atoms with Crippen LogP contribution in [0.4, 0.5) is 0 Å². The van der Waals surface area contributed by atoms with Crippen LogP contribution in [0.3, 0.4) is 0 Å². The second kappa shape index (κ2) is 6.31. The first-order valence-electron chi connectivity index (χ1n) is 6.94. The molecule has 0 aliphatic heterocycles. The van der Waals surface area contributed by atoms with Crippen LogP contribution in [0.2, 0.25) is 0 Å². The third-order valence-corrected chi connectivity index (χ3v) is 3.26. The summed E-state index contributed by atoms with van der Waals surface area (Å²) < 4.78 is 0. The summed E-state index contributed by atoms with van der Waals surface area (Å²) in [6.45, 7) is 9.57. The van der Waals surface area contributed by atoms with Gasteiger partial charge in [-0.2, -0.15) is 5.10 Å². The molecule has 0 spiro atoms. The molecule has 1 N–H and O–H groups in total. The van der Waals surface area contributed by atoms with Gasteiger partial charge in [-0.15, -0.1) is 0 Å². The fraction of sp³-hybridized carbons (Fsp3) is 0.235. The van der Waals surface area contributed by atoms with Crippen molar-refractivity contribution in [1.29, 1.82) is 0 Å². The van der Waals surface area contributed by atoms with Gasteiger partial charge in [0, 0.05) is 22.7 Å². The number of aromatic amines is 1. The zero-order valence-corrected chi connectivity index (χ0v) is 12.6. The Bertz CT molecular complexity index is 750. The maximum Gasteiger partial charge on any atom is 0.181 e. The molecule has 21 heavy (non-hydrogen) atoms. The van der Waals surface area contributed by atoms with Crippen LogP contribution >= 0.6 is 0 Å². The fourth-order valence-electron chi connectivity index (χ4n) is 2.02. The maximum absolute atomic E-state index is 11.5. The van der Waals surface area contributed by atoms with Gasteiger partial charge in [0.2, 0.25) is 0 Å². The number of hydrogen-bond acceptors (Lipinski definition) is 3. The summed E-state index contributed by atoms with van der Waals surface area (Å²) in [7, 11) is 0. The minimum absolute atomic E-state index is 0.00826. The average Bonchev–Trinajstić information content (AvgIpc) is 2.89. The van der Waals surface area contributed by atoms with E-state index in [-0.39, 0.29) is 5.78 Å². The van der Waals surface area contributed by atoms with E-state index in [9.17, 15) is 4.79 Å². The fourth-order valence-corrected chi connectivity index (χ4v) is 2.02. The molecule has 108 valence electrons. The van der Waals surface area contributed by atoms with Crippen LogP contribution in [-0.4, -0.2) is 21.0 Å². The van der Waals surface area contributed by atoms with Crippen molar-refractivity contribution in [3.8, 4) is 0 Å². The van der Waals surface area contributed by atoms with E-state index in [0.717, 1.165) is 28.6 Å². The number of nitrogens with one attached hydrogen (secondary N) is 1. The molecule has 0 radical (unpaired) electrons. The highest BCUT2D eigenvalue weighted by molar-refractivity contribution is 5.99. The number of allylic oxidation sites excluding steroid dienone is 5. The first-order chi connectivity index (χ1) is 10.1. The van der Waals surface area contributed by atoms with Gasteiger partial charge in [0.15, 0.2) is 11.4 Å². The lowest BCUT2D eigenvalue weighted by atomic mass is 10.0. The molecule has 0 unspecified atom stereocenters. The van der Waals surface area contributed by atoms with Crippen molar-refractivity contribution < 1.29 is 4.79 Å². The van der Waals surface area contributed by atoms with Crippen molar-refractivity contribution >= 4 is 22.4 Å². The summed E-state index contributed by atoms with van der Waals surface area (Å²) >= 11 is 0. The average molecular weight is 281 g/mol. The van der Waals surface area contributed by atoms with Crippen LogP contribution in [0.1, 0.15) is 43.2 Å². The number of aromatic nitrogens is 3. The van der Waals surface area contributed by atoms with E-state index < -0.39 is 0 Å². The lowest BCUT2D eigenvalue weighted by Gasteiger charge is -2.02. The molecular weight excluding hydrogens is 262 g/mol. The number of ketones is 1. The van der Waals surface area contributed by atoms with Crippen LogP contribution in [0.5, 0.6) is 0 Å². The summed E-state index contributed by atoms with van der Waals surface area (Å²) in [5.74, 6) is -0.00826. The summed E-state index contributed by atoms with van der Waals surface area (Å²) in [6.07, 6.45) is 8.41. The van der Waals surface area contributed by atoms with Crippen molar-refractivity contribution in [2.24, 2.45) is 0 Å². The second-order valence-electron chi connectivity index (χ2n) is 4.86. The Hall–Kier alpha value is -2.49. The molecule has 2 rings (SSSR count). The molecule has 0 saturated carbocycles. The Morgan fingerprint density at radius 1 is 1.48 bits per heavy atom. The topological polar surface area (TPSA) is 58.6 Å². The summed E-state index contributed by atoms with van der Waals surface area (Å²) in [5, 5.41) is 8.06. The Morgan fingerprint density at radius 3 is 2.86 bits per heavy atom. The number of H-pyrrole nitrogens is 1. The number of rotatable bonds is 5. The highest BCUT2D eigenvalue weighted by Gasteiger charge is 2.11. The van der Waals surface area contributed by atoms with Crippen LogP contribution in [-0.2, 0) is 0 Å². The molecule has 2 aromatic heterocycles. The van der Waals surface area contributed by atoms with Crippen LogP contribution in [0, 0.1) is 0 Å². The third-order valence-electron chi connectivity index (χ3n) is 3.26. The van der Waals surface area contributed by atoms with Gasteiger partial charge < -0.3 is 0 Å². The Kier molecular flexibility index (Phi) is 4.48. The normalized spacial score (nSPS) is 12.2. The van der Waals surface area contributed by atoms with Gasteiger partial charge in [-0.05, 0) is 26.3 Å². The van der Waals surface area contributed by atoms with E-state index in [0.29, 0.717) is 11.2 Å². The highest BCUT2D eigenvalue weighted by Crippen LogP contribution is 2.25. The number of Topliss-reactive ketones (excluding diaryl/α,β-unsaturated/α-hetero) is 1. The Balaban J connectivity index is 2.62. The first kappa shape index (κ1) is 14.9. The van der Waals surface area contributed by atoms with Gasteiger partial charge in [-0.1, -0.05) is 37.3 Å². The molecule has 0 aromatic carbocycles. The number of pyridine rings is 1. The summed E-state index contributed by atoms with van der Waals surface area (Å²) in [5.41, 5.74) is 4.05. The van der Waals surface area contributed by atoms with E-state index in [1.165, 1.54) is 6.92 Å². The largest absolute Gasteiger partial charge is 0.294 e. The van der Waals surface area contributed by atoms with Crippen molar-refractivity contribution in [3.63, 3.8) is 0 Å². The van der Waals surface area contributed by atoms with Crippen molar-refractivity contribution in [3.05, 3.63) is 53.9 Å². The van der Waals surface area contributed by atoms with E-state index in [1.807, 2.05) is 31.2 Å². The van der Waals surface area contributed by atoms with Gasteiger partial charge in [0.1, 0.15) is 0 Å². The molecule has 0 aliphatic carbocycles. The van der Waals surface area contributed by atoms with Crippen molar-refractivity contribution in [1.82, 2.24) is 15.2 Å². The van der Waals surface area contributed by atoms with Gasteiger partial charge in [-0.3, -0.25) is 9.89 Å². The molecular formula is C17H19N3O. The van der Waals surface area contributed by atoms with Crippen molar-refractivity contribution in [2.75, 3.05) is 0 Å². The second-order valence-corrected chi connectivity index (χ2v) is 4.86. The van der Waals surface area contributed by atoms with E-state index in [2.05, 4.69) is 28.7 Å². The molecule has 4 heteroatoms. The summed E-state index contributed by atoms with van der Waals surface area (Å²) in [6, 6.07) is 1.83. The molecule has 4 nitrogen and oxygen atoms in total. The molecule has 0 saturated heterocycles. The monoisotopic (exact) mass is 281 g/mol. The number of nitrogens with zero attached hydrogens (tertiary/aromatic N) is 2. The first-order valence-corrected chi connectivity index (χ1v) is 6.94. The molecule has 0 fully saturated rings. The van der Waals surface area contributed by atoms with E-state index in [1.54, 1.807) is 6.20 Å². The number of fused-ring (bicyclic) bond motifs is 1. The van der Waals surface area contributed by atoms with Gasteiger partial charge >= 0.3 is 0 Å². The lowest BCUT2D eigenvalue weighted by Crippen LogP contribution is -1.93. The summed E-state index contributed by atoms with van der Waals surface area (Å²) in [4.78, 5) is 15.8. The molecule has 0 aliphatic rings. The zero-order chi connectivity index (χ0) is 15.4. The quantitative estimate of drug-likeness (QED) is 0.663. The van der Waals surface area contributed by atoms with Crippen molar-refractivity contribution in [2.45, 2.75) is 27.2 Å². The van der Waals surface area contributed by atoms with Crippen LogP contribution in [0.15, 0.2) is 42.6 Å².